The Morgan fingerprint density at radius 2 is 1.43 bits per heavy atom. The zero-order valence-corrected chi connectivity index (χ0v) is 12.2. The summed E-state index contributed by atoms with van der Waals surface area (Å²) in [7, 11) is 0. The molecule has 1 N–H and O–H groups in total. The van der Waals surface area contributed by atoms with Crippen LogP contribution in [0.25, 0.3) is 11.6 Å². The first-order valence-electron chi connectivity index (χ1n) is 6.18. The van der Waals surface area contributed by atoms with Gasteiger partial charge in [-0.1, -0.05) is 47.5 Å². The second kappa shape index (κ2) is 5.35. The van der Waals surface area contributed by atoms with E-state index in [4.69, 9.17) is 23.2 Å². The number of nitrogens with one attached hydrogen (secondary N) is 1. The summed E-state index contributed by atoms with van der Waals surface area (Å²) in [5.41, 5.74) is 1.93. The van der Waals surface area contributed by atoms with Crippen molar-refractivity contribution in [3.05, 3.63) is 69.2 Å². The number of carbonyl (C=O) groups excluding carboxylic acids is 2. The molecule has 1 aliphatic rings. The molecule has 21 heavy (non-hydrogen) atoms. The molecule has 3 nitrogen and oxygen atoms in total. The molecule has 1 heterocycles. The molecule has 104 valence electrons. The lowest BCUT2D eigenvalue weighted by Crippen LogP contribution is -2.36. The van der Waals surface area contributed by atoms with Crippen LogP contribution in [0.3, 0.4) is 0 Å². The highest BCUT2D eigenvalue weighted by Crippen LogP contribution is 2.31. The van der Waals surface area contributed by atoms with Gasteiger partial charge in [0.2, 0.25) is 0 Å². The van der Waals surface area contributed by atoms with Gasteiger partial charge in [0, 0.05) is 26.7 Å². The molecule has 0 unspecified atom stereocenters. The predicted molar refractivity (Wildman–Crippen MR) is 83.2 cm³/mol. The third kappa shape index (κ3) is 2.46. The standard InChI is InChI=1S/C16H9Cl2NO2/c17-13-6-3-7-14(18)12(13)8-11-9-4-1-2-5-10(9)15(20)19-16(11)21/h1-8H,(H,19,20,21)/b11-8+. The first-order valence-corrected chi connectivity index (χ1v) is 6.94. The smallest absolute Gasteiger partial charge is 0.258 e. The van der Waals surface area contributed by atoms with Gasteiger partial charge in [-0.05, 0) is 29.8 Å². The van der Waals surface area contributed by atoms with Crippen molar-refractivity contribution in [2.24, 2.45) is 0 Å². The fourth-order valence-corrected chi connectivity index (χ4v) is 2.72. The van der Waals surface area contributed by atoms with Gasteiger partial charge in [0.15, 0.2) is 0 Å². The number of amides is 2. The maximum Gasteiger partial charge on any atom is 0.258 e. The zero-order valence-electron chi connectivity index (χ0n) is 10.7. The maximum absolute atomic E-state index is 12.1. The number of halogens is 2. The van der Waals surface area contributed by atoms with E-state index in [0.717, 1.165) is 0 Å². The average molecular weight is 318 g/mol. The second-order valence-corrected chi connectivity index (χ2v) is 5.34. The van der Waals surface area contributed by atoms with Gasteiger partial charge in [-0.3, -0.25) is 14.9 Å². The molecule has 0 radical (unpaired) electrons. The Kier molecular flexibility index (Phi) is 3.53. The molecule has 0 saturated carbocycles. The van der Waals surface area contributed by atoms with Crippen LogP contribution in [-0.2, 0) is 4.79 Å². The number of hydrogen-bond acceptors (Lipinski definition) is 2. The molecule has 0 fully saturated rings. The van der Waals surface area contributed by atoms with Gasteiger partial charge in [-0.15, -0.1) is 0 Å². The van der Waals surface area contributed by atoms with E-state index in [9.17, 15) is 9.59 Å². The highest BCUT2D eigenvalue weighted by Gasteiger charge is 2.26. The molecule has 3 rings (SSSR count). The van der Waals surface area contributed by atoms with E-state index >= 15 is 0 Å². The first kappa shape index (κ1) is 13.9. The zero-order chi connectivity index (χ0) is 15.0. The van der Waals surface area contributed by atoms with E-state index in [1.54, 1.807) is 48.5 Å². The van der Waals surface area contributed by atoms with Gasteiger partial charge < -0.3 is 0 Å². The van der Waals surface area contributed by atoms with Crippen LogP contribution in [0.4, 0.5) is 0 Å². The Labute approximate surface area is 131 Å². The Balaban J connectivity index is 2.22. The summed E-state index contributed by atoms with van der Waals surface area (Å²) in [6.45, 7) is 0. The van der Waals surface area contributed by atoms with Crippen LogP contribution in [0.5, 0.6) is 0 Å². The molecule has 2 amide bonds. The fraction of sp³-hybridized carbons (Fsp3) is 0. The SMILES string of the molecule is O=C1NC(=O)c2ccccc2/C1=C\c1c(Cl)cccc1Cl. The van der Waals surface area contributed by atoms with Crippen molar-refractivity contribution in [2.45, 2.75) is 0 Å². The second-order valence-electron chi connectivity index (χ2n) is 4.52. The van der Waals surface area contributed by atoms with Crippen LogP contribution in [-0.4, -0.2) is 11.8 Å². The molecule has 2 aromatic carbocycles. The highest BCUT2D eigenvalue weighted by atomic mass is 35.5. The third-order valence-electron chi connectivity index (χ3n) is 3.22. The number of hydrogen-bond donors (Lipinski definition) is 1. The minimum Gasteiger partial charge on any atom is -0.288 e. The molecule has 0 saturated heterocycles. The Bertz CT molecular complexity index is 776. The Morgan fingerprint density at radius 3 is 2.10 bits per heavy atom. The highest BCUT2D eigenvalue weighted by molar-refractivity contribution is 6.39. The molecule has 2 aromatic rings. The largest absolute Gasteiger partial charge is 0.288 e. The topological polar surface area (TPSA) is 46.2 Å². The van der Waals surface area contributed by atoms with Crippen molar-refractivity contribution >= 4 is 46.7 Å². The summed E-state index contributed by atoms with van der Waals surface area (Å²) < 4.78 is 0. The minimum atomic E-state index is -0.463. The third-order valence-corrected chi connectivity index (χ3v) is 3.88. The maximum atomic E-state index is 12.1. The summed E-state index contributed by atoms with van der Waals surface area (Å²) in [6.07, 6.45) is 1.60. The molecular formula is C16H9Cl2NO2. The van der Waals surface area contributed by atoms with Crippen molar-refractivity contribution in [1.29, 1.82) is 0 Å². The lowest BCUT2D eigenvalue weighted by molar-refractivity contribution is -0.114. The monoisotopic (exact) mass is 317 g/mol. The van der Waals surface area contributed by atoms with Gasteiger partial charge in [0.25, 0.3) is 11.8 Å². The van der Waals surface area contributed by atoms with Gasteiger partial charge in [-0.2, -0.15) is 0 Å². The van der Waals surface area contributed by atoms with Crippen LogP contribution in [0.2, 0.25) is 10.0 Å². The number of imide groups is 1. The summed E-state index contributed by atoms with van der Waals surface area (Å²) in [4.78, 5) is 23.9. The summed E-state index contributed by atoms with van der Waals surface area (Å²) in [5, 5.41) is 3.20. The lowest BCUT2D eigenvalue weighted by atomic mass is 9.93. The normalized spacial score (nSPS) is 15.8. The Morgan fingerprint density at radius 1 is 0.810 bits per heavy atom. The molecule has 0 aliphatic carbocycles. The van der Waals surface area contributed by atoms with Gasteiger partial charge in [0.05, 0.1) is 0 Å². The van der Waals surface area contributed by atoms with Gasteiger partial charge >= 0.3 is 0 Å². The fourth-order valence-electron chi connectivity index (χ4n) is 2.21. The molecule has 0 aromatic heterocycles. The van der Waals surface area contributed by atoms with Gasteiger partial charge in [0.1, 0.15) is 0 Å². The first-order chi connectivity index (χ1) is 10.1. The van der Waals surface area contributed by atoms with Gasteiger partial charge in [-0.25, -0.2) is 0 Å². The van der Waals surface area contributed by atoms with Crippen molar-refractivity contribution in [2.75, 3.05) is 0 Å². The van der Waals surface area contributed by atoms with Crippen molar-refractivity contribution < 1.29 is 9.59 Å². The summed E-state index contributed by atoms with van der Waals surface area (Å²) >= 11 is 12.2. The van der Waals surface area contributed by atoms with Crippen LogP contribution >= 0.6 is 23.2 Å². The molecular weight excluding hydrogens is 309 g/mol. The molecule has 1 aliphatic heterocycles. The average Bonchev–Trinajstić information content (AvgIpc) is 2.46. The molecule has 0 spiro atoms. The molecule has 0 atom stereocenters. The van der Waals surface area contributed by atoms with Crippen LogP contribution in [0, 0.1) is 0 Å². The van der Waals surface area contributed by atoms with Crippen molar-refractivity contribution in [1.82, 2.24) is 5.32 Å². The van der Waals surface area contributed by atoms with Crippen LogP contribution in [0.1, 0.15) is 21.5 Å². The Hall–Kier alpha value is -2.10. The van der Waals surface area contributed by atoms with E-state index in [1.165, 1.54) is 0 Å². The summed E-state index contributed by atoms with van der Waals surface area (Å²) in [6, 6.07) is 12.0. The number of carbonyl (C=O) groups is 2. The van der Waals surface area contributed by atoms with E-state index < -0.39 is 11.8 Å². The number of benzene rings is 2. The summed E-state index contributed by atoms with van der Waals surface area (Å²) in [5.74, 6) is -0.868. The van der Waals surface area contributed by atoms with Crippen LogP contribution < -0.4 is 5.32 Å². The number of rotatable bonds is 1. The minimum absolute atomic E-state index is 0.361. The molecule has 5 heteroatoms. The van der Waals surface area contributed by atoms with Crippen molar-refractivity contribution in [3.63, 3.8) is 0 Å². The van der Waals surface area contributed by atoms with E-state index in [2.05, 4.69) is 5.32 Å². The van der Waals surface area contributed by atoms with Crippen LogP contribution in [0.15, 0.2) is 42.5 Å². The van der Waals surface area contributed by atoms with E-state index in [0.29, 0.717) is 32.3 Å². The number of fused-ring (bicyclic) bond motifs is 1. The quantitative estimate of drug-likeness (QED) is 0.642. The van der Waals surface area contributed by atoms with E-state index in [1.807, 2.05) is 0 Å². The molecule has 0 bridgehead atoms. The lowest BCUT2D eigenvalue weighted by Gasteiger charge is -2.18. The predicted octanol–water partition coefficient (Wildman–Crippen LogP) is 3.80. The van der Waals surface area contributed by atoms with E-state index in [-0.39, 0.29) is 0 Å². The van der Waals surface area contributed by atoms with Crippen molar-refractivity contribution in [3.8, 4) is 0 Å².